The van der Waals surface area contributed by atoms with E-state index in [9.17, 15) is 9.59 Å². The van der Waals surface area contributed by atoms with Crippen molar-refractivity contribution >= 4 is 17.5 Å². The van der Waals surface area contributed by atoms with Crippen molar-refractivity contribution in [3.8, 4) is 0 Å². The summed E-state index contributed by atoms with van der Waals surface area (Å²) in [5.74, 6) is 0.0589. The van der Waals surface area contributed by atoms with E-state index >= 15 is 0 Å². The molecule has 2 aromatic rings. The van der Waals surface area contributed by atoms with Crippen molar-refractivity contribution in [1.82, 2.24) is 10.6 Å². The number of benzene rings is 1. The Labute approximate surface area is 147 Å². The lowest BCUT2D eigenvalue weighted by molar-refractivity contribution is -0.121. The van der Waals surface area contributed by atoms with Crippen LogP contribution < -0.4 is 16.0 Å². The van der Waals surface area contributed by atoms with Crippen LogP contribution in [-0.4, -0.2) is 24.4 Å². The Kier molecular flexibility index (Phi) is 5.85. The topological polar surface area (TPSA) is 83.4 Å². The number of anilines is 1. The third kappa shape index (κ3) is 5.19. The molecule has 0 aliphatic carbocycles. The molecule has 1 saturated heterocycles. The number of hydrogen-bond donors (Lipinski definition) is 3. The molecule has 1 aliphatic rings. The van der Waals surface area contributed by atoms with Crippen LogP contribution in [-0.2, 0) is 11.3 Å². The van der Waals surface area contributed by atoms with Gasteiger partial charge in [-0.1, -0.05) is 12.1 Å². The zero-order valence-corrected chi connectivity index (χ0v) is 14.1. The van der Waals surface area contributed by atoms with E-state index in [1.807, 2.05) is 24.3 Å². The first-order chi connectivity index (χ1) is 12.2. The largest absolute Gasteiger partial charge is 0.459 e. The van der Waals surface area contributed by atoms with Crippen LogP contribution in [0.15, 0.2) is 47.1 Å². The average molecular weight is 341 g/mol. The number of nitrogens with one attached hydrogen (secondary N) is 3. The highest BCUT2D eigenvalue weighted by atomic mass is 16.3. The van der Waals surface area contributed by atoms with Crippen molar-refractivity contribution in [1.29, 1.82) is 0 Å². The summed E-state index contributed by atoms with van der Waals surface area (Å²) in [4.78, 5) is 23.8. The normalized spacial score (nSPS) is 16.6. The Hall–Kier alpha value is -2.60. The highest BCUT2D eigenvalue weighted by Crippen LogP contribution is 2.13. The molecule has 3 N–H and O–H groups in total. The molecule has 0 saturated carbocycles. The van der Waals surface area contributed by atoms with Gasteiger partial charge >= 0.3 is 0 Å². The third-order valence-corrected chi connectivity index (χ3v) is 4.33. The zero-order valence-electron chi connectivity index (χ0n) is 14.1. The quantitative estimate of drug-likeness (QED) is 0.723. The number of amides is 2. The third-order valence-electron chi connectivity index (χ3n) is 4.33. The Morgan fingerprint density at radius 3 is 2.72 bits per heavy atom. The molecule has 25 heavy (non-hydrogen) atoms. The van der Waals surface area contributed by atoms with Crippen LogP contribution in [0, 0.1) is 0 Å². The van der Waals surface area contributed by atoms with Crippen LogP contribution in [0.25, 0.3) is 0 Å². The van der Waals surface area contributed by atoms with Gasteiger partial charge in [0.1, 0.15) is 0 Å². The van der Waals surface area contributed by atoms with Crippen molar-refractivity contribution in [2.45, 2.75) is 38.3 Å². The fraction of sp³-hybridized carbons (Fsp3) is 0.368. The first-order valence-electron chi connectivity index (χ1n) is 8.64. The maximum absolute atomic E-state index is 11.9. The van der Waals surface area contributed by atoms with E-state index in [4.69, 9.17) is 4.42 Å². The van der Waals surface area contributed by atoms with E-state index in [1.54, 1.807) is 12.1 Å². The summed E-state index contributed by atoms with van der Waals surface area (Å²) in [5, 5.41) is 9.09. The van der Waals surface area contributed by atoms with Gasteiger partial charge in [-0.3, -0.25) is 9.59 Å². The van der Waals surface area contributed by atoms with Crippen LogP contribution in [0.1, 0.15) is 41.8 Å². The SMILES string of the molecule is O=C(CCC1CCCN1)NCc1ccc(NC(=O)c2ccco2)cc1. The number of carbonyl (C=O) groups excluding carboxylic acids is 2. The second-order valence-electron chi connectivity index (χ2n) is 6.24. The molecule has 1 aromatic carbocycles. The molecule has 1 aromatic heterocycles. The molecule has 6 nitrogen and oxygen atoms in total. The van der Waals surface area contributed by atoms with Gasteiger partial charge in [0.05, 0.1) is 6.26 Å². The highest BCUT2D eigenvalue weighted by molar-refractivity contribution is 6.02. The summed E-state index contributed by atoms with van der Waals surface area (Å²) in [6.07, 6.45) is 5.27. The molecule has 1 atom stereocenters. The molecule has 0 spiro atoms. The van der Waals surface area contributed by atoms with Gasteiger partial charge < -0.3 is 20.4 Å². The number of furan rings is 1. The number of hydrogen-bond acceptors (Lipinski definition) is 4. The molecule has 2 heterocycles. The van der Waals surface area contributed by atoms with Crippen LogP contribution in [0.3, 0.4) is 0 Å². The van der Waals surface area contributed by atoms with Gasteiger partial charge in [-0.05, 0) is 55.6 Å². The lowest BCUT2D eigenvalue weighted by Crippen LogP contribution is -2.27. The minimum atomic E-state index is -0.286. The summed E-state index contributed by atoms with van der Waals surface area (Å²) in [6, 6.07) is 11.2. The maximum atomic E-state index is 11.9. The Balaban J connectivity index is 1.41. The first kappa shape index (κ1) is 17.2. The smallest absolute Gasteiger partial charge is 0.291 e. The molecule has 0 bridgehead atoms. The number of rotatable bonds is 7. The van der Waals surface area contributed by atoms with Gasteiger partial charge in [-0.2, -0.15) is 0 Å². The maximum Gasteiger partial charge on any atom is 0.291 e. The molecular formula is C19H23N3O3. The Bertz CT molecular complexity index is 689. The molecule has 132 valence electrons. The zero-order chi connectivity index (χ0) is 17.5. The molecule has 1 unspecified atom stereocenters. The Morgan fingerprint density at radius 2 is 2.04 bits per heavy atom. The van der Waals surface area contributed by atoms with Gasteiger partial charge in [0, 0.05) is 24.7 Å². The van der Waals surface area contributed by atoms with Gasteiger partial charge in [0.15, 0.2) is 5.76 Å². The minimum Gasteiger partial charge on any atom is -0.459 e. The van der Waals surface area contributed by atoms with Crippen LogP contribution in [0.5, 0.6) is 0 Å². The number of carbonyl (C=O) groups is 2. The van der Waals surface area contributed by atoms with E-state index in [2.05, 4.69) is 16.0 Å². The fourth-order valence-corrected chi connectivity index (χ4v) is 2.90. The second kappa shape index (κ2) is 8.48. The predicted molar refractivity (Wildman–Crippen MR) is 95.2 cm³/mol. The van der Waals surface area contributed by atoms with E-state index in [0.717, 1.165) is 18.5 Å². The molecule has 2 amide bonds. The Morgan fingerprint density at radius 1 is 1.20 bits per heavy atom. The van der Waals surface area contributed by atoms with Crippen LogP contribution in [0.4, 0.5) is 5.69 Å². The van der Waals surface area contributed by atoms with Gasteiger partial charge in [0.25, 0.3) is 5.91 Å². The van der Waals surface area contributed by atoms with Gasteiger partial charge in [-0.25, -0.2) is 0 Å². The van der Waals surface area contributed by atoms with Crippen LogP contribution in [0.2, 0.25) is 0 Å². The van der Waals surface area contributed by atoms with Crippen LogP contribution >= 0.6 is 0 Å². The average Bonchev–Trinajstić information content (AvgIpc) is 3.33. The monoisotopic (exact) mass is 341 g/mol. The van der Waals surface area contributed by atoms with Crippen molar-refractivity contribution in [3.05, 3.63) is 54.0 Å². The molecule has 0 radical (unpaired) electrons. The summed E-state index contributed by atoms with van der Waals surface area (Å²) in [6.45, 7) is 1.55. The minimum absolute atomic E-state index is 0.0731. The molecule has 1 aliphatic heterocycles. The summed E-state index contributed by atoms with van der Waals surface area (Å²) >= 11 is 0. The van der Waals surface area contributed by atoms with E-state index in [-0.39, 0.29) is 17.6 Å². The fourth-order valence-electron chi connectivity index (χ4n) is 2.90. The predicted octanol–water partition coefficient (Wildman–Crippen LogP) is 2.68. The summed E-state index contributed by atoms with van der Waals surface area (Å²) < 4.78 is 5.05. The second-order valence-corrected chi connectivity index (χ2v) is 6.24. The summed E-state index contributed by atoms with van der Waals surface area (Å²) in [5.41, 5.74) is 1.67. The molecule has 6 heteroatoms. The lowest BCUT2D eigenvalue weighted by Gasteiger charge is -2.10. The molecule has 1 fully saturated rings. The van der Waals surface area contributed by atoms with Gasteiger partial charge in [-0.15, -0.1) is 0 Å². The van der Waals surface area contributed by atoms with Crippen molar-refractivity contribution in [2.75, 3.05) is 11.9 Å². The van der Waals surface area contributed by atoms with E-state index < -0.39 is 0 Å². The molecule has 3 rings (SSSR count). The van der Waals surface area contributed by atoms with E-state index in [1.165, 1.54) is 19.1 Å². The van der Waals surface area contributed by atoms with Gasteiger partial charge in [0.2, 0.25) is 5.91 Å². The van der Waals surface area contributed by atoms with Crippen molar-refractivity contribution in [3.63, 3.8) is 0 Å². The van der Waals surface area contributed by atoms with Crippen molar-refractivity contribution in [2.24, 2.45) is 0 Å². The lowest BCUT2D eigenvalue weighted by atomic mass is 10.1. The molecular weight excluding hydrogens is 318 g/mol. The first-order valence-corrected chi connectivity index (χ1v) is 8.64. The standard InChI is InChI=1S/C19H23N3O3/c23-18(10-9-15-3-1-11-20-15)21-13-14-5-7-16(8-6-14)22-19(24)17-4-2-12-25-17/h2,4-8,12,15,20H,1,3,9-11,13H2,(H,21,23)(H,22,24). The van der Waals surface area contributed by atoms with E-state index in [0.29, 0.717) is 24.7 Å². The van der Waals surface area contributed by atoms with Crippen molar-refractivity contribution < 1.29 is 14.0 Å². The highest BCUT2D eigenvalue weighted by Gasteiger charge is 2.15. The summed E-state index contributed by atoms with van der Waals surface area (Å²) in [7, 11) is 0.